The first-order chi connectivity index (χ1) is 16.7. The molecule has 0 aliphatic carbocycles. The molecule has 0 fully saturated rings. The molecule has 2 heterocycles. The molecule has 2 atom stereocenters. The van der Waals surface area contributed by atoms with Crippen LogP contribution in [0.4, 0.5) is 0 Å². The summed E-state index contributed by atoms with van der Waals surface area (Å²) in [6, 6.07) is 0. The number of carbonyl (C=O) groups excluding carboxylic acids is 6. The Morgan fingerprint density at radius 1 is 0.639 bits per heavy atom. The van der Waals surface area contributed by atoms with Gasteiger partial charge in [0, 0.05) is 34.7 Å². The molecule has 0 amide bonds. The summed E-state index contributed by atoms with van der Waals surface area (Å²) in [5.41, 5.74) is 3.15. The van der Waals surface area contributed by atoms with Gasteiger partial charge in [0.2, 0.25) is 11.6 Å². The second kappa shape index (κ2) is 11.1. The van der Waals surface area contributed by atoms with Crippen LogP contribution in [0.2, 0.25) is 0 Å². The number of esters is 2. The summed E-state index contributed by atoms with van der Waals surface area (Å²) in [6.07, 6.45) is -0.807. The third kappa shape index (κ3) is 5.94. The minimum absolute atomic E-state index is 0.163. The van der Waals surface area contributed by atoms with Crippen LogP contribution in [0.15, 0.2) is 12.2 Å². The highest BCUT2D eigenvalue weighted by Crippen LogP contribution is 2.21. The molecule has 192 valence electrons. The van der Waals surface area contributed by atoms with E-state index in [0.717, 1.165) is 12.2 Å². The molecule has 0 radical (unpaired) electrons. The van der Waals surface area contributed by atoms with Crippen molar-refractivity contribution in [2.45, 2.75) is 67.6 Å². The van der Waals surface area contributed by atoms with Gasteiger partial charge in [0.1, 0.15) is 0 Å². The Labute approximate surface area is 208 Å². The maximum absolute atomic E-state index is 12.7. The number of Topliss-reactive ketones (excluding diaryl/α,β-unsaturated/α-hetero) is 4. The molecule has 2 aromatic heterocycles. The van der Waals surface area contributed by atoms with E-state index in [0.29, 0.717) is 33.6 Å². The Morgan fingerprint density at radius 3 is 1.19 bits per heavy atom. The van der Waals surface area contributed by atoms with E-state index in [9.17, 15) is 28.8 Å². The van der Waals surface area contributed by atoms with Gasteiger partial charge in [0.05, 0.1) is 11.4 Å². The summed E-state index contributed by atoms with van der Waals surface area (Å²) < 4.78 is 10.1. The van der Waals surface area contributed by atoms with Crippen molar-refractivity contribution in [3.63, 3.8) is 0 Å². The molecule has 2 N–H and O–H groups in total. The number of H-pyrrole nitrogens is 2. The zero-order valence-electron chi connectivity index (χ0n) is 21.6. The van der Waals surface area contributed by atoms with Gasteiger partial charge in [-0.2, -0.15) is 0 Å². The smallest absolute Gasteiger partial charge is 0.331 e. The van der Waals surface area contributed by atoms with Crippen LogP contribution >= 0.6 is 0 Å². The third-order valence-corrected chi connectivity index (χ3v) is 5.75. The second-order valence-electron chi connectivity index (χ2n) is 8.58. The van der Waals surface area contributed by atoms with Gasteiger partial charge in [-0.15, -0.1) is 0 Å². The van der Waals surface area contributed by atoms with Gasteiger partial charge in [-0.3, -0.25) is 19.2 Å². The first-order valence-electron chi connectivity index (χ1n) is 11.2. The zero-order valence-corrected chi connectivity index (χ0v) is 21.6. The zero-order chi connectivity index (χ0) is 27.5. The maximum atomic E-state index is 12.7. The van der Waals surface area contributed by atoms with E-state index < -0.39 is 35.7 Å². The van der Waals surface area contributed by atoms with Crippen LogP contribution in [0.1, 0.15) is 91.9 Å². The first-order valence-corrected chi connectivity index (χ1v) is 11.2. The van der Waals surface area contributed by atoms with Crippen molar-refractivity contribution in [3.8, 4) is 0 Å². The SMILES string of the molecule is CC(=O)c1c(C)[nH]c(C(=O)C(C)OC(=O)/C=C/C(=O)OC(C)C(=O)c2[nH]c(C)c(C(C)=O)c2C)c1C. The van der Waals surface area contributed by atoms with Crippen LogP contribution < -0.4 is 0 Å². The molecule has 36 heavy (non-hydrogen) atoms. The number of hydrogen-bond donors (Lipinski definition) is 2. The summed E-state index contributed by atoms with van der Waals surface area (Å²) >= 11 is 0. The molecule has 0 aromatic carbocycles. The van der Waals surface area contributed by atoms with E-state index in [1.54, 1.807) is 27.7 Å². The van der Waals surface area contributed by atoms with E-state index in [2.05, 4.69) is 9.97 Å². The Kier molecular flexibility index (Phi) is 8.69. The standard InChI is InChI=1S/C26H30N2O8/c1-11-21(15(5)29)13(3)27-23(11)25(33)17(7)35-19(31)9-10-20(32)36-18(8)26(34)24-12(2)22(16(6)30)14(4)28-24/h9-10,17-18,27-28H,1-8H3/b10-9+. The van der Waals surface area contributed by atoms with Gasteiger partial charge in [-0.25, -0.2) is 9.59 Å². The van der Waals surface area contributed by atoms with Gasteiger partial charge < -0.3 is 19.4 Å². The highest BCUT2D eigenvalue weighted by atomic mass is 16.6. The Balaban J connectivity index is 2.00. The first kappa shape index (κ1) is 28.2. The van der Waals surface area contributed by atoms with Crippen molar-refractivity contribution < 1.29 is 38.2 Å². The molecule has 0 saturated carbocycles. The Morgan fingerprint density at radius 2 is 0.944 bits per heavy atom. The largest absolute Gasteiger partial charge is 0.451 e. The Bertz CT molecular complexity index is 1190. The summed E-state index contributed by atoms with van der Waals surface area (Å²) in [5, 5.41) is 0. The number of aryl methyl sites for hydroxylation is 2. The van der Waals surface area contributed by atoms with Gasteiger partial charge in [-0.05, 0) is 66.5 Å². The maximum Gasteiger partial charge on any atom is 0.331 e. The van der Waals surface area contributed by atoms with Crippen LogP contribution in [-0.4, -0.2) is 57.2 Å². The quantitative estimate of drug-likeness (QED) is 0.287. The van der Waals surface area contributed by atoms with E-state index in [4.69, 9.17) is 9.47 Å². The molecular weight excluding hydrogens is 468 g/mol. The van der Waals surface area contributed by atoms with Gasteiger partial charge in [0.25, 0.3) is 0 Å². The third-order valence-electron chi connectivity index (χ3n) is 5.75. The van der Waals surface area contributed by atoms with Crippen LogP contribution in [0.3, 0.4) is 0 Å². The number of hydrogen-bond acceptors (Lipinski definition) is 8. The van der Waals surface area contributed by atoms with Crippen LogP contribution in [0.5, 0.6) is 0 Å². The minimum atomic E-state index is -1.19. The average molecular weight is 499 g/mol. The summed E-state index contributed by atoms with van der Waals surface area (Å²) in [4.78, 5) is 78.8. The predicted octanol–water partition coefficient (Wildman–Crippen LogP) is 3.47. The molecular formula is C26H30N2O8. The number of aromatic amines is 2. The fourth-order valence-corrected chi connectivity index (χ4v) is 4.13. The molecule has 0 saturated heterocycles. The van der Waals surface area contributed by atoms with Crippen LogP contribution in [0, 0.1) is 27.7 Å². The number of ether oxygens (including phenoxy) is 2. The molecule has 0 bridgehead atoms. The summed E-state index contributed by atoms with van der Waals surface area (Å²) in [7, 11) is 0. The lowest BCUT2D eigenvalue weighted by molar-refractivity contribution is -0.143. The van der Waals surface area contributed by atoms with Crippen molar-refractivity contribution in [1.29, 1.82) is 0 Å². The fraction of sp³-hybridized carbons (Fsp3) is 0.385. The van der Waals surface area contributed by atoms with Crippen molar-refractivity contribution in [2.24, 2.45) is 0 Å². The molecule has 2 rings (SSSR count). The molecule has 10 nitrogen and oxygen atoms in total. The monoisotopic (exact) mass is 498 g/mol. The molecule has 2 aromatic rings. The van der Waals surface area contributed by atoms with Gasteiger partial charge in [-0.1, -0.05) is 0 Å². The van der Waals surface area contributed by atoms with Crippen molar-refractivity contribution in [1.82, 2.24) is 9.97 Å². The van der Waals surface area contributed by atoms with E-state index >= 15 is 0 Å². The highest BCUT2D eigenvalue weighted by molar-refractivity contribution is 6.06. The summed E-state index contributed by atoms with van der Waals surface area (Å²) in [5.74, 6) is -3.40. The molecule has 0 aliphatic rings. The molecule has 0 aliphatic heterocycles. The normalized spacial score (nSPS) is 12.8. The Hall–Kier alpha value is -4.08. The lowest BCUT2D eigenvalue weighted by Gasteiger charge is -2.11. The fourth-order valence-electron chi connectivity index (χ4n) is 4.13. The van der Waals surface area contributed by atoms with E-state index in [1.807, 2.05) is 0 Å². The van der Waals surface area contributed by atoms with Crippen molar-refractivity contribution in [2.75, 3.05) is 0 Å². The highest BCUT2D eigenvalue weighted by Gasteiger charge is 2.27. The number of carbonyl (C=O) groups is 6. The lowest BCUT2D eigenvalue weighted by Crippen LogP contribution is -2.25. The average Bonchev–Trinajstić information content (AvgIpc) is 3.25. The van der Waals surface area contributed by atoms with Crippen molar-refractivity contribution >= 4 is 35.1 Å². The number of aromatic nitrogens is 2. The molecule has 2 unspecified atom stereocenters. The molecule has 0 spiro atoms. The summed E-state index contributed by atoms with van der Waals surface area (Å²) in [6.45, 7) is 12.1. The van der Waals surface area contributed by atoms with Gasteiger partial charge in [0.15, 0.2) is 23.8 Å². The van der Waals surface area contributed by atoms with Crippen molar-refractivity contribution in [3.05, 3.63) is 57.2 Å². The second-order valence-corrected chi connectivity index (χ2v) is 8.58. The number of rotatable bonds is 10. The number of ketones is 4. The van der Waals surface area contributed by atoms with E-state index in [1.165, 1.54) is 27.7 Å². The lowest BCUT2D eigenvalue weighted by atomic mass is 10.0. The topological polar surface area (TPSA) is 152 Å². The number of nitrogens with one attached hydrogen (secondary N) is 2. The molecule has 10 heteroatoms. The predicted molar refractivity (Wildman–Crippen MR) is 129 cm³/mol. The van der Waals surface area contributed by atoms with Crippen LogP contribution in [0.25, 0.3) is 0 Å². The van der Waals surface area contributed by atoms with Gasteiger partial charge >= 0.3 is 11.9 Å². The van der Waals surface area contributed by atoms with E-state index in [-0.39, 0.29) is 23.0 Å². The minimum Gasteiger partial charge on any atom is -0.451 e. The van der Waals surface area contributed by atoms with Crippen LogP contribution in [-0.2, 0) is 19.1 Å².